The van der Waals surface area contributed by atoms with E-state index in [1.54, 1.807) is 6.20 Å². The molecule has 4 nitrogen and oxygen atoms in total. The first-order chi connectivity index (χ1) is 12.2. The Balaban J connectivity index is 1.59. The van der Waals surface area contributed by atoms with E-state index in [-0.39, 0.29) is 12.5 Å². The first-order valence-corrected chi connectivity index (χ1v) is 8.42. The fourth-order valence-corrected chi connectivity index (χ4v) is 3.19. The van der Waals surface area contributed by atoms with Crippen LogP contribution in [0.5, 0.6) is 0 Å². The lowest BCUT2D eigenvalue weighted by molar-refractivity contribution is -0.121. The molecule has 5 heteroatoms. The summed E-state index contributed by atoms with van der Waals surface area (Å²) in [5.41, 5.74) is 3.01. The number of nitrogens with zero attached hydrogens (tertiary/aromatic N) is 2. The molecule has 0 unspecified atom stereocenters. The van der Waals surface area contributed by atoms with Gasteiger partial charge in [-0.05, 0) is 29.8 Å². The summed E-state index contributed by atoms with van der Waals surface area (Å²) in [5.74, 6) is -0.0403. The highest BCUT2D eigenvalue weighted by Gasteiger charge is 2.12. The summed E-state index contributed by atoms with van der Waals surface area (Å²) in [5, 5.41) is 5.89. The van der Waals surface area contributed by atoms with Crippen molar-refractivity contribution in [3.8, 4) is 0 Å². The van der Waals surface area contributed by atoms with Crippen molar-refractivity contribution >= 4 is 39.3 Å². The molecule has 1 N–H and O–H groups in total. The van der Waals surface area contributed by atoms with Crippen LogP contribution >= 0.6 is 11.6 Å². The third-order valence-corrected chi connectivity index (χ3v) is 4.53. The fourth-order valence-electron chi connectivity index (χ4n) is 3.07. The van der Waals surface area contributed by atoms with Gasteiger partial charge in [0.1, 0.15) is 6.54 Å². The largest absolute Gasteiger partial charge is 0.350 e. The number of benzene rings is 2. The standard InChI is InChI=1S/C20H16ClN3O/c21-15-7-5-14(6-8-15)11-23-20(25)13-24-18-4-2-1-3-16(18)17-9-10-22-12-19(17)24/h1-10,12H,11,13H2,(H,23,25). The normalized spacial score (nSPS) is 11.1. The molecule has 124 valence electrons. The fraction of sp³-hybridized carbons (Fsp3) is 0.100. The van der Waals surface area contributed by atoms with E-state index in [1.165, 1.54) is 0 Å². The van der Waals surface area contributed by atoms with Gasteiger partial charge in [0.2, 0.25) is 5.91 Å². The van der Waals surface area contributed by atoms with E-state index >= 15 is 0 Å². The Bertz CT molecular complexity index is 1000. The van der Waals surface area contributed by atoms with Gasteiger partial charge in [-0.2, -0.15) is 0 Å². The van der Waals surface area contributed by atoms with Crippen LogP contribution in [0.25, 0.3) is 21.8 Å². The number of rotatable bonds is 4. The van der Waals surface area contributed by atoms with E-state index < -0.39 is 0 Å². The van der Waals surface area contributed by atoms with Gasteiger partial charge in [0, 0.05) is 34.1 Å². The van der Waals surface area contributed by atoms with E-state index in [1.807, 2.05) is 59.3 Å². The maximum absolute atomic E-state index is 12.5. The molecule has 1 amide bonds. The summed E-state index contributed by atoms with van der Waals surface area (Å²) in [6.45, 7) is 0.731. The van der Waals surface area contributed by atoms with Crippen LogP contribution in [0.4, 0.5) is 0 Å². The van der Waals surface area contributed by atoms with Crippen LogP contribution in [0, 0.1) is 0 Å². The number of aromatic nitrogens is 2. The van der Waals surface area contributed by atoms with Gasteiger partial charge < -0.3 is 9.88 Å². The minimum Gasteiger partial charge on any atom is -0.350 e. The molecule has 0 spiro atoms. The van der Waals surface area contributed by atoms with Crippen LogP contribution in [-0.2, 0) is 17.9 Å². The van der Waals surface area contributed by atoms with Crippen molar-refractivity contribution in [3.63, 3.8) is 0 Å². The average molecular weight is 350 g/mol. The SMILES string of the molecule is O=C(Cn1c2ccccc2c2ccncc21)NCc1ccc(Cl)cc1. The summed E-state index contributed by atoms with van der Waals surface area (Å²) in [6.07, 6.45) is 3.58. The number of carbonyl (C=O) groups excluding carboxylic acids is 1. The molecular weight excluding hydrogens is 334 g/mol. The van der Waals surface area contributed by atoms with Crippen LogP contribution in [0.2, 0.25) is 5.02 Å². The Labute approximate surface area is 150 Å². The van der Waals surface area contributed by atoms with Crippen molar-refractivity contribution in [2.24, 2.45) is 0 Å². The minimum absolute atomic E-state index is 0.0403. The van der Waals surface area contributed by atoms with Crippen molar-refractivity contribution in [2.75, 3.05) is 0 Å². The Kier molecular flexibility index (Phi) is 4.12. The second kappa shape index (κ2) is 6.57. The minimum atomic E-state index is -0.0403. The quantitative estimate of drug-likeness (QED) is 0.601. The third kappa shape index (κ3) is 3.08. The van der Waals surface area contributed by atoms with Crippen LogP contribution in [-0.4, -0.2) is 15.5 Å². The maximum Gasteiger partial charge on any atom is 0.240 e. The summed E-state index contributed by atoms with van der Waals surface area (Å²) in [7, 11) is 0. The topological polar surface area (TPSA) is 46.9 Å². The number of fused-ring (bicyclic) bond motifs is 3. The van der Waals surface area contributed by atoms with Crippen molar-refractivity contribution in [3.05, 3.63) is 77.6 Å². The number of amides is 1. The van der Waals surface area contributed by atoms with Gasteiger partial charge in [-0.15, -0.1) is 0 Å². The zero-order valence-electron chi connectivity index (χ0n) is 13.4. The van der Waals surface area contributed by atoms with Gasteiger partial charge in [0.15, 0.2) is 0 Å². The number of nitrogens with one attached hydrogen (secondary N) is 1. The third-order valence-electron chi connectivity index (χ3n) is 4.28. The molecule has 2 aromatic carbocycles. The van der Waals surface area contributed by atoms with Gasteiger partial charge in [-0.25, -0.2) is 0 Å². The lowest BCUT2D eigenvalue weighted by atomic mass is 10.2. The van der Waals surface area contributed by atoms with Gasteiger partial charge >= 0.3 is 0 Å². The van der Waals surface area contributed by atoms with E-state index in [0.29, 0.717) is 11.6 Å². The Hall–Kier alpha value is -2.85. The highest BCUT2D eigenvalue weighted by molar-refractivity contribution is 6.30. The molecule has 0 fully saturated rings. The van der Waals surface area contributed by atoms with E-state index in [4.69, 9.17) is 11.6 Å². The van der Waals surface area contributed by atoms with Crippen LogP contribution in [0.1, 0.15) is 5.56 Å². The number of carbonyl (C=O) groups is 1. The lowest BCUT2D eigenvalue weighted by Gasteiger charge is -2.09. The Morgan fingerprint density at radius 2 is 1.76 bits per heavy atom. The monoisotopic (exact) mass is 349 g/mol. The van der Waals surface area contributed by atoms with Crippen molar-refractivity contribution < 1.29 is 4.79 Å². The van der Waals surface area contributed by atoms with E-state index in [2.05, 4.69) is 16.4 Å². The molecule has 2 aromatic heterocycles. The zero-order valence-corrected chi connectivity index (χ0v) is 14.2. The molecule has 0 saturated carbocycles. The second-order valence-electron chi connectivity index (χ2n) is 5.90. The number of hydrogen-bond acceptors (Lipinski definition) is 2. The zero-order chi connectivity index (χ0) is 17.2. The molecule has 0 bridgehead atoms. The maximum atomic E-state index is 12.5. The molecule has 0 aliphatic carbocycles. The number of hydrogen-bond donors (Lipinski definition) is 1. The smallest absolute Gasteiger partial charge is 0.240 e. The summed E-state index contributed by atoms with van der Waals surface area (Å²) in [6, 6.07) is 17.5. The van der Waals surface area contributed by atoms with Crippen LogP contribution in [0.15, 0.2) is 67.0 Å². The molecule has 0 aliphatic rings. The second-order valence-corrected chi connectivity index (χ2v) is 6.34. The molecule has 25 heavy (non-hydrogen) atoms. The van der Waals surface area contributed by atoms with Crippen molar-refractivity contribution in [2.45, 2.75) is 13.1 Å². The molecule has 0 saturated heterocycles. The first-order valence-electron chi connectivity index (χ1n) is 8.04. The molecule has 0 atom stereocenters. The summed E-state index contributed by atoms with van der Waals surface area (Å²) < 4.78 is 2.01. The number of para-hydroxylation sites is 1. The van der Waals surface area contributed by atoms with Gasteiger partial charge in [-0.3, -0.25) is 9.78 Å². The molecule has 0 radical (unpaired) electrons. The molecule has 4 aromatic rings. The van der Waals surface area contributed by atoms with Gasteiger partial charge in [0.25, 0.3) is 0 Å². The first kappa shape index (κ1) is 15.7. The highest BCUT2D eigenvalue weighted by Crippen LogP contribution is 2.27. The number of halogens is 1. The van der Waals surface area contributed by atoms with E-state index in [9.17, 15) is 4.79 Å². The van der Waals surface area contributed by atoms with E-state index in [0.717, 1.165) is 27.4 Å². The van der Waals surface area contributed by atoms with Gasteiger partial charge in [0.05, 0.1) is 11.7 Å². The molecule has 0 aliphatic heterocycles. The molecule has 2 heterocycles. The predicted octanol–water partition coefficient (Wildman–Crippen LogP) is 4.16. The summed E-state index contributed by atoms with van der Waals surface area (Å²) >= 11 is 5.88. The number of pyridine rings is 1. The molecule has 4 rings (SSSR count). The Morgan fingerprint density at radius 1 is 1.00 bits per heavy atom. The predicted molar refractivity (Wildman–Crippen MR) is 101 cm³/mol. The van der Waals surface area contributed by atoms with Crippen molar-refractivity contribution in [1.82, 2.24) is 14.9 Å². The lowest BCUT2D eigenvalue weighted by Crippen LogP contribution is -2.27. The van der Waals surface area contributed by atoms with Crippen LogP contribution < -0.4 is 5.32 Å². The summed E-state index contributed by atoms with van der Waals surface area (Å²) in [4.78, 5) is 16.7. The van der Waals surface area contributed by atoms with Gasteiger partial charge in [-0.1, -0.05) is 41.9 Å². The van der Waals surface area contributed by atoms with Crippen molar-refractivity contribution in [1.29, 1.82) is 0 Å². The van der Waals surface area contributed by atoms with Crippen LogP contribution in [0.3, 0.4) is 0 Å². The highest BCUT2D eigenvalue weighted by atomic mass is 35.5. The Morgan fingerprint density at radius 3 is 2.60 bits per heavy atom. The average Bonchev–Trinajstić information content (AvgIpc) is 2.96. The molecular formula is C20H16ClN3O.